The summed E-state index contributed by atoms with van der Waals surface area (Å²) in [5, 5.41) is 22.4. The van der Waals surface area contributed by atoms with Gasteiger partial charge in [-0.25, -0.2) is 4.98 Å². The number of imidazole rings is 1. The number of piperidine rings is 1. The molecule has 7 nitrogen and oxygen atoms in total. The van der Waals surface area contributed by atoms with Crippen LogP contribution in [0.4, 0.5) is 0 Å². The maximum absolute atomic E-state index is 12.2. The van der Waals surface area contributed by atoms with E-state index in [4.69, 9.17) is 5.11 Å². The molecule has 22 heavy (non-hydrogen) atoms. The van der Waals surface area contributed by atoms with Crippen LogP contribution in [0.1, 0.15) is 32.0 Å². The lowest BCUT2D eigenvalue weighted by atomic mass is 9.90. The molecule has 0 spiro atoms. The number of rotatable bonds is 6. The highest BCUT2D eigenvalue weighted by molar-refractivity contribution is 5.85. The molecule has 0 saturated carbocycles. The molecule has 2 rings (SSSR count). The average Bonchev–Trinajstić information content (AvgIpc) is 2.92. The number of nitrogens with one attached hydrogen (secondary N) is 1. The van der Waals surface area contributed by atoms with E-state index < -0.39 is 5.60 Å². The molecule has 0 aromatic carbocycles. The zero-order valence-corrected chi connectivity index (χ0v) is 13.3. The largest absolute Gasteiger partial charge is 0.394 e. The van der Waals surface area contributed by atoms with E-state index in [1.807, 2.05) is 24.7 Å². The van der Waals surface area contributed by atoms with Gasteiger partial charge in [-0.2, -0.15) is 0 Å². The number of aromatic nitrogens is 2. The molecule has 0 bridgehead atoms. The van der Waals surface area contributed by atoms with Gasteiger partial charge in [0.1, 0.15) is 11.4 Å². The minimum Gasteiger partial charge on any atom is -0.394 e. The predicted octanol–water partition coefficient (Wildman–Crippen LogP) is -0.366. The van der Waals surface area contributed by atoms with Gasteiger partial charge in [0, 0.05) is 32.5 Å². The van der Waals surface area contributed by atoms with Gasteiger partial charge in [0.15, 0.2) is 0 Å². The first kappa shape index (κ1) is 16.9. The zero-order valence-electron chi connectivity index (χ0n) is 13.3. The van der Waals surface area contributed by atoms with E-state index in [1.54, 1.807) is 6.20 Å². The molecule has 124 valence electrons. The van der Waals surface area contributed by atoms with E-state index in [0.717, 1.165) is 12.4 Å². The van der Waals surface area contributed by atoms with Crippen molar-refractivity contribution in [1.29, 1.82) is 0 Å². The summed E-state index contributed by atoms with van der Waals surface area (Å²) in [7, 11) is 1.95. The first-order valence-electron chi connectivity index (χ1n) is 7.81. The molecule has 1 saturated heterocycles. The normalized spacial score (nSPS) is 19.8. The third-order valence-corrected chi connectivity index (χ3v) is 4.44. The number of amides is 1. The minimum atomic E-state index is -1.33. The van der Waals surface area contributed by atoms with Crippen LogP contribution in [0.5, 0.6) is 0 Å². The first-order valence-corrected chi connectivity index (χ1v) is 7.81. The number of hydrogen-bond donors (Lipinski definition) is 3. The Morgan fingerprint density at radius 3 is 2.68 bits per heavy atom. The Bertz CT molecular complexity index is 491. The van der Waals surface area contributed by atoms with Crippen molar-refractivity contribution in [2.75, 3.05) is 19.7 Å². The third kappa shape index (κ3) is 3.85. The standard InChI is InChI=1S/C15H26N4O3/c1-3-12(11-20)17-14(21)15(22)4-7-19(8-5-15)10-13-16-6-9-18(13)2/h6,9,12,20,22H,3-5,7-8,10-11H2,1-2H3,(H,17,21). The summed E-state index contributed by atoms with van der Waals surface area (Å²) >= 11 is 0. The van der Waals surface area contributed by atoms with Crippen LogP contribution in [0, 0.1) is 0 Å². The van der Waals surface area contributed by atoms with Gasteiger partial charge in [0.05, 0.1) is 19.2 Å². The molecule has 1 aromatic rings. The molecule has 0 aliphatic carbocycles. The average molecular weight is 310 g/mol. The number of aliphatic hydroxyl groups excluding tert-OH is 1. The van der Waals surface area contributed by atoms with E-state index >= 15 is 0 Å². The number of carbonyl (C=O) groups excluding carboxylic acids is 1. The van der Waals surface area contributed by atoms with Gasteiger partial charge in [-0.3, -0.25) is 9.69 Å². The van der Waals surface area contributed by atoms with Crippen molar-refractivity contribution < 1.29 is 15.0 Å². The predicted molar refractivity (Wildman–Crippen MR) is 82.0 cm³/mol. The maximum Gasteiger partial charge on any atom is 0.252 e. The number of nitrogens with zero attached hydrogens (tertiary/aromatic N) is 3. The van der Waals surface area contributed by atoms with Gasteiger partial charge in [0.25, 0.3) is 5.91 Å². The lowest BCUT2D eigenvalue weighted by Gasteiger charge is -2.37. The highest BCUT2D eigenvalue weighted by Crippen LogP contribution is 2.23. The number of carbonyl (C=O) groups is 1. The highest BCUT2D eigenvalue weighted by atomic mass is 16.3. The Kier molecular flexibility index (Phi) is 5.55. The van der Waals surface area contributed by atoms with E-state index in [9.17, 15) is 9.90 Å². The number of aryl methyl sites for hydroxylation is 1. The molecule has 1 aliphatic heterocycles. The SMILES string of the molecule is CCC(CO)NC(=O)C1(O)CCN(Cc2nccn2C)CC1. The summed E-state index contributed by atoms with van der Waals surface area (Å²) < 4.78 is 1.97. The lowest BCUT2D eigenvalue weighted by molar-refractivity contribution is -0.146. The topological polar surface area (TPSA) is 90.6 Å². The van der Waals surface area contributed by atoms with Crippen molar-refractivity contribution in [2.24, 2.45) is 7.05 Å². The van der Waals surface area contributed by atoms with Crippen LogP contribution in [0.25, 0.3) is 0 Å². The van der Waals surface area contributed by atoms with Crippen molar-refractivity contribution in [3.8, 4) is 0 Å². The van der Waals surface area contributed by atoms with Crippen LogP contribution in [-0.4, -0.2) is 61.9 Å². The quantitative estimate of drug-likeness (QED) is 0.667. The first-order chi connectivity index (χ1) is 10.5. The third-order valence-electron chi connectivity index (χ3n) is 4.44. The van der Waals surface area contributed by atoms with E-state index in [2.05, 4.69) is 15.2 Å². The van der Waals surface area contributed by atoms with Gasteiger partial charge in [0.2, 0.25) is 0 Å². The fourth-order valence-electron chi connectivity index (χ4n) is 2.65. The summed E-state index contributed by atoms with van der Waals surface area (Å²) in [6.45, 7) is 3.79. The maximum atomic E-state index is 12.2. The second kappa shape index (κ2) is 7.21. The van der Waals surface area contributed by atoms with Crippen molar-refractivity contribution in [3.63, 3.8) is 0 Å². The summed E-state index contributed by atoms with van der Waals surface area (Å²) in [6, 6.07) is -0.290. The monoisotopic (exact) mass is 310 g/mol. The highest BCUT2D eigenvalue weighted by Gasteiger charge is 2.39. The number of likely N-dealkylation sites (tertiary alicyclic amines) is 1. The van der Waals surface area contributed by atoms with Crippen LogP contribution in [0.2, 0.25) is 0 Å². The molecule has 0 radical (unpaired) electrons. The van der Waals surface area contributed by atoms with Gasteiger partial charge in [-0.15, -0.1) is 0 Å². The van der Waals surface area contributed by atoms with E-state index in [0.29, 0.717) is 32.4 Å². The molecule has 1 atom stereocenters. The van der Waals surface area contributed by atoms with Gasteiger partial charge in [-0.05, 0) is 19.3 Å². The molecule has 1 amide bonds. The summed E-state index contributed by atoms with van der Waals surface area (Å²) in [6.07, 6.45) is 5.10. The summed E-state index contributed by atoms with van der Waals surface area (Å²) in [5.74, 6) is 0.603. The molecule has 7 heteroatoms. The minimum absolute atomic E-state index is 0.108. The van der Waals surface area contributed by atoms with Gasteiger partial charge in [-0.1, -0.05) is 6.92 Å². The smallest absolute Gasteiger partial charge is 0.252 e. The number of hydrogen-bond acceptors (Lipinski definition) is 5. The van der Waals surface area contributed by atoms with Crippen LogP contribution < -0.4 is 5.32 Å². The van der Waals surface area contributed by atoms with Gasteiger partial charge >= 0.3 is 0 Å². The molecule has 1 aliphatic rings. The Balaban J connectivity index is 1.87. The molecule has 2 heterocycles. The number of aliphatic hydroxyl groups is 2. The fourth-order valence-corrected chi connectivity index (χ4v) is 2.65. The second-order valence-corrected chi connectivity index (χ2v) is 6.02. The summed E-state index contributed by atoms with van der Waals surface area (Å²) in [4.78, 5) is 18.7. The molecular weight excluding hydrogens is 284 g/mol. The molecule has 1 unspecified atom stereocenters. The van der Waals surface area contributed by atoms with Crippen molar-refractivity contribution in [2.45, 2.75) is 44.4 Å². The molecule has 1 fully saturated rings. The van der Waals surface area contributed by atoms with Crippen LogP contribution in [0.3, 0.4) is 0 Å². The fraction of sp³-hybridized carbons (Fsp3) is 0.733. The summed E-state index contributed by atoms with van der Waals surface area (Å²) in [5.41, 5.74) is -1.33. The van der Waals surface area contributed by atoms with Crippen molar-refractivity contribution in [1.82, 2.24) is 19.8 Å². The zero-order chi connectivity index (χ0) is 16.2. The van der Waals surface area contributed by atoms with Crippen LogP contribution in [-0.2, 0) is 18.4 Å². The Hall–Kier alpha value is -1.44. The molecule has 3 N–H and O–H groups in total. The van der Waals surface area contributed by atoms with Crippen LogP contribution in [0.15, 0.2) is 12.4 Å². The van der Waals surface area contributed by atoms with Crippen molar-refractivity contribution in [3.05, 3.63) is 18.2 Å². The van der Waals surface area contributed by atoms with Crippen LogP contribution >= 0.6 is 0 Å². The second-order valence-electron chi connectivity index (χ2n) is 6.02. The Morgan fingerprint density at radius 2 is 2.18 bits per heavy atom. The molecule has 1 aromatic heterocycles. The van der Waals surface area contributed by atoms with E-state index in [-0.39, 0.29) is 18.6 Å². The van der Waals surface area contributed by atoms with Gasteiger partial charge < -0.3 is 20.1 Å². The van der Waals surface area contributed by atoms with E-state index in [1.165, 1.54) is 0 Å². The Morgan fingerprint density at radius 1 is 1.50 bits per heavy atom. The lowest BCUT2D eigenvalue weighted by Crippen LogP contribution is -2.56. The Labute approximate surface area is 131 Å². The van der Waals surface area contributed by atoms with Crippen molar-refractivity contribution >= 4 is 5.91 Å². The molecular formula is C15H26N4O3.